The zero-order chi connectivity index (χ0) is 11.9. The molecule has 2 nitrogen and oxygen atoms in total. The molecule has 0 aliphatic carbocycles. The van der Waals surface area contributed by atoms with E-state index in [9.17, 15) is 5.11 Å². The van der Waals surface area contributed by atoms with Gasteiger partial charge in [0, 0.05) is 6.61 Å². The van der Waals surface area contributed by atoms with Gasteiger partial charge in [-0.15, -0.1) is 0 Å². The third-order valence-electron chi connectivity index (χ3n) is 2.87. The molecule has 0 amide bonds. The molecule has 0 saturated heterocycles. The van der Waals surface area contributed by atoms with Crippen LogP contribution in [0.2, 0.25) is 0 Å². The molecular weight excluding hydrogens is 200 g/mol. The standard InChI is InChI=1S/C14H29O2/c1-2-3-4-5-6-7-8-9-10-11-13-16-14-12-15/h2-14H2,1H3. The first-order chi connectivity index (χ1) is 7.91. The van der Waals surface area contributed by atoms with Crippen LogP contribution < -0.4 is 0 Å². The normalized spacial score (nSPS) is 10.9. The predicted octanol–water partition coefficient (Wildman–Crippen LogP) is 4.35. The molecule has 16 heavy (non-hydrogen) atoms. The maximum absolute atomic E-state index is 10.1. The highest BCUT2D eigenvalue weighted by Gasteiger charge is 1.92. The van der Waals surface area contributed by atoms with E-state index in [4.69, 9.17) is 4.74 Å². The first-order valence-electron chi connectivity index (χ1n) is 7.07. The van der Waals surface area contributed by atoms with Gasteiger partial charge in [-0.3, -0.25) is 0 Å². The first-order valence-corrected chi connectivity index (χ1v) is 7.07. The Morgan fingerprint density at radius 2 is 1.19 bits per heavy atom. The minimum Gasteiger partial charge on any atom is -0.379 e. The molecule has 97 valence electrons. The van der Waals surface area contributed by atoms with Crippen LogP contribution in [-0.2, 0) is 9.84 Å². The Morgan fingerprint density at radius 3 is 1.69 bits per heavy atom. The third kappa shape index (κ3) is 13.9. The molecule has 0 heterocycles. The molecule has 0 aromatic heterocycles. The lowest BCUT2D eigenvalue weighted by atomic mass is 10.1. The van der Waals surface area contributed by atoms with Crippen LogP contribution in [0.1, 0.15) is 71.1 Å². The summed E-state index contributed by atoms with van der Waals surface area (Å²) in [6.07, 6.45) is 13.4. The summed E-state index contributed by atoms with van der Waals surface area (Å²) in [5, 5.41) is 10.1. The number of ether oxygens (including phenoxy) is 1. The lowest BCUT2D eigenvalue weighted by molar-refractivity contribution is 0.0618. The zero-order valence-electron chi connectivity index (χ0n) is 11.0. The van der Waals surface area contributed by atoms with Gasteiger partial charge in [-0.25, -0.2) is 5.11 Å². The van der Waals surface area contributed by atoms with Crippen LogP contribution in [0.25, 0.3) is 0 Å². The Bertz CT molecular complexity index is 101. The SMILES string of the molecule is CCCCCCCCCCCCOCC[O]. The van der Waals surface area contributed by atoms with Crippen molar-refractivity contribution in [3.05, 3.63) is 0 Å². The van der Waals surface area contributed by atoms with Crippen LogP contribution in [0.5, 0.6) is 0 Å². The number of unbranched alkanes of at least 4 members (excludes halogenated alkanes) is 9. The second-order valence-corrected chi connectivity index (χ2v) is 4.50. The average Bonchev–Trinajstić information content (AvgIpc) is 2.31. The Hall–Kier alpha value is -0.0800. The highest BCUT2D eigenvalue weighted by molar-refractivity contribution is 4.47. The van der Waals surface area contributed by atoms with Crippen LogP contribution >= 0.6 is 0 Å². The minimum atomic E-state index is -0.0994. The summed E-state index contributed by atoms with van der Waals surface area (Å²) in [5.41, 5.74) is 0. The lowest BCUT2D eigenvalue weighted by Gasteiger charge is -2.02. The van der Waals surface area contributed by atoms with E-state index < -0.39 is 0 Å². The van der Waals surface area contributed by atoms with E-state index in [2.05, 4.69) is 6.92 Å². The molecule has 0 rings (SSSR count). The molecule has 0 aromatic rings. The van der Waals surface area contributed by atoms with Crippen LogP contribution in [0, 0.1) is 0 Å². The Kier molecular flexibility index (Phi) is 14.8. The first kappa shape index (κ1) is 15.9. The van der Waals surface area contributed by atoms with Crippen molar-refractivity contribution in [1.82, 2.24) is 0 Å². The van der Waals surface area contributed by atoms with E-state index >= 15 is 0 Å². The van der Waals surface area contributed by atoms with Crippen molar-refractivity contribution in [3.63, 3.8) is 0 Å². The third-order valence-corrected chi connectivity index (χ3v) is 2.87. The molecule has 0 atom stereocenters. The van der Waals surface area contributed by atoms with Crippen molar-refractivity contribution in [2.45, 2.75) is 71.1 Å². The largest absolute Gasteiger partial charge is 0.379 e. The maximum atomic E-state index is 10.1. The molecule has 0 saturated carbocycles. The van der Waals surface area contributed by atoms with Gasteiger partial charge in [0.15, 0.2) is 0 Å². The van der Waals surface area contributed by atoms with Crippen molar-refractivity contribution >= 4 is 0 Å². The molecule has 2 heteroatoms. The molecule has 0 unspecified atom stereocenters. The van der Waals surface area contributed by atoms with E-state index in [0.717, 1.165) is 13.0 Å². The quantitative estimate of drug-likeness (QED) is 0.432. The minimum absolute atomic E-state index is 0.0994. The summed E-state index contributed by atoms with van der Waals surface area (Å²) < 4.78 is 5.14. The number of hydrogen-bond acceptors (Lipinski definition) is 1. The molecule has 0 bridgehead atoms. The Labute approximate surface area is 101 Å². The summed E-state index contributed by atoms with van der Waals surface area (Å²) >= 11 is 0. The van der Waals surface area contributed by atoms with Gasteiger partial charge in [-0.05, 0) is 6.42 Å². The zero-order valence-corrected chi connectivity index (χ0v) is 11.0. The van der Waals surface area contributed by atoms with Crippen molar-refractivity contribution in [2.24, 2.45) is 0 Å². The summed E-state index contributed by atoms with van der Waals surface area (Å²) in [7, 11) is 0. The van der Waals surface area contributed by atoms with Gasteiger partial charge in [0.2, 0.25) is 0 Å². The lowest BCUT2D eigenvalue weighted by Crippen LogP contribution is -1.99. The highest BCUT2D eigenvalue weighted by atomic mass is 16.5. The van der Waals surface area contributed by atoms with Crippen molar-refractivity contribution < 1.29 is 9.84 Å². The van der Waals surface area contributed by atoms with Crippen molar-refractivity contribution in [1.29, 1.82) is 0 Å². The maximum Gasteiger partial charge on any atom is 0.106 e. The van der Waals surface area contributed by atoms with E-state index in [1.807, 2.05) is 0 Å². The van der Waals surface area contributed by atoms with Crippen molar-refractivity contribution in [2.75, 3.05) is 19.8 Å². The summed E-state index contributed by atoms with van der Waals surface area (Å²) in [4.78, 5) is 0. The second-order valence-electron chi connectivity index (χ2n) is 4.50. The predicted molar refractivity (Wildman–Crippen MR) is 68.2 cm³/mol. The monoisotopic (exact) mass is 229 g/mol. The topological polar surface area (TPSA) is 29.1 Å². The van der Waals surface area contributed by atoms with Gasteiger partial charge in [0.05, 0.1) is 6.61 Å². The van der Waals surface area contributed by atoms with E-state index in [1.165, 1.54) is 57.8 Å². The van der Waals surface area contributed by atoms with Crippen molar-refractivity contribution in [3.8, 4) is 0 Å². The Balaban J connectivity index is 2.83. The fraction of sp³-hybridized carbons (Fsp3) is 1.00. The smallest absolute Gasteiger partial charge is 0.106 e. The molecule has 1 radical (unpaired) electrons. The molecular formula is C14H29O2. The fourth-order valence-electron chi connectivity index (χ4n) is 1.85. The van der Waals surface area contributed by atoms with Gasteiger partial charge >= 0.3 is 0 Å². The van der Waals surface area contributed by atoms with Gasteiger partial charge < -0.3 is 4.74 Å². The van der Waals surface area contributed by atoms with Gasteiger partial charge in [0.1, 0.15) is 6.61 Å². The number of rotatable bonds is 13. The van der Waals surface area contributed by atoms with Crippen LogP contribution in [0.4, 0.5) is 0 Å². The van der Waals surface area contributed by atoms with Gasteiger partial charge in [0.25, 0.3) is 0 Å². The van der Waals surface area contributed by atoms with E-state index in [0.29, 0.717) is 6.61 Å². The molecule has 0 fully saturated rings. The molecule has 0 aromatic carbocycles. The molecule has 0 N–H and O–H groups in total. The molecule has 0 aliphatic heterocycles. The highest BCUT2D eigenvalue weighted by Crippen LogP contribution is 2.10. The summed E-state index contributed by atoms with van der Waals surface area (Å²) in [5.74, 6) is 0. The summed E-state index contributed by atoms with van der Waals surface area (Å²) in [6, 6.07) is 0. The second kappa shape index (κ2) is 14.9. The van der Waals surface area contributed by atoms with E-state index in [1.54, 1.807) is 0 Å². The number of hydrogen-bond donors (Lipinski definition) is 0. The Morgan fingerprint density at radius 1 is 0.688 bits per heavy atom. The molecule has 0 spiro atoms. The fourth-order valence-corrected chi connectivity index (χ4v) is 1.85. The average molecular weight is 229 g/mol. The summed E-state index contributed by atoms with van der Waals surface area (Å²) in [6.45, 7) is 3.32. The van der Waals surface area contributed by atoms with Gasteiger partial charge in [-0.2, -0.15) is 0 Å². The van der Waals surface area contributed by atoms with Crippen LogP contribution in [0.3, 0.4) is 0 Å². The van der Waals surface area contributed by atoms with Gasteiger partial charge in [-0.1, -0.05) is 64.7 Å². The van der Waals surface area contributed by atoms with E-state index in [-0.39, 0.29) is 6.61 Å². The van der Waals surface area contributed by atoms with Crippen LogP contribution in [-0.4, -0.2) is 19.8 Å². The molecule has 0 aliphatic rings. The van der Waals surface area contributed by atoms with Crippen LogP contribution in [0.15, 0.2) is 0 Å².